The average Bonchev–Trinajstić information content (AvgIpc) is 2.88. The molecule has 2 N–H and O–H groups in total. The van der Waals surface area contributed by atoms with Crippen LogP contribution < -0.4 is 15.4 Å². The summed E-state index contributed by atoms with van der Waals surface area (Å²) in [7, 11) is 1.60. The Bertz CT molecular complexity index is 748. The molecule has 0 unspecified atom stereocenters. The molecule has 2 saturated heterocycles. The third kappa shape index (κ3) is 3.22. The van der Waals surface area contributed by atoms with Crippen LogP contribution in [0.3, 0.4) is 0 Å². The van der Waals surface area contributed by atoms with Crippen LogP contribution in [0, 0.1) is 0 Å². The lowest BCUT2D eigenvalue weighted by Gasteiger charge is -2.36. The lowest BCUT2D eigenvalue weighted by Crippen LogP contribution is -2.55. The number of rotatable bonds is 3. The van der Waals surface area contributed by atoms with Gasteiger partial charge in [-0.05, 0) is 31.4 Å². The summed E-state index contributed by atoms with van der Waals surface area (Å²) >= 11 is 0. The van der Waals surface area contributed by atoms with E-state index in [4.69, 9.17) is 4.74 Å². The highest BCUT2D eigenvalue weighted by Gasteiger charge is 2.48. The second-order valence-corrected chi connectivity index (χ2v) is 6.34. The summed E-state index contributed by atoms with van der Waals surface area (Å²) in [5.41, 5.74) is 0.818. The number of ether oxygens (including phenoxy) is 1. The number of nitrogens with one attached hydrogen (secondary N) is 2. The molecule has 1 aromatic rings. The van der Waals surface area contributed by atoms with Crippen molar-refractivity contribution in [2.75, 3.05) is 20.2 Å². The van der Waals surface area contributed by atoms with Crippen LogP contribution >= 0.6 is 0 Å². The van der Waals surface area contributed by atoms with E-state index in [9.17, 15) is 14.4 Å². The number of allylic oxidation sites excluding steroid dienone is 1. The summed E-state index contributed by atoms with van der Waals surface area (Å²) in [5.74, 6) is 0.306. The van der Waals surface area contributed by atoms with Crippen LogP contribution in [0.5, 0.6) is 5.75 Å². The number of carbonyl (C=O) groups excluding carboxylic acids is 3. The first kappa shape index (κ1) is 17.0. The zero-order chi connectivity index (χ0) is 18.0. The van der Waals surface area contributed by atoms with Crippen LogP contribution in [0.4, 0.5) is 4.79 Å². The van der Waals surface area contributed by atoms with Crippen molar-refractivity contribution in [3.8, 4) is 5.75 Å². The largest absolute Gasteiger partial charge is 0.496 e. The third-order valence-electron chi connectivity index (χ3n) is 4.81. The van der Waals surface area contributed by atoms with E-state index in [-0.39, 0.29) is 11.8 Å². The Morgan fingerprint density at radius 2 is 1.92 bits per heavy atom. The van der Waals surface area contributed by atoms with E-state index in [1.807, 2.05) is 31.2 Å². The number of urea groups is 1. The molecular weight excluding hydrogens is 322 g/mol. The Labute approximate surface area is 146 Å². The van der Waals surface area contributed by atoms with Gasteiger partial charge in [0.05, 0.1) is 7.11 Å². The highest BCUT2D eigenvalue weighted by molar-refractivity contribution is 6.07. The van der Waals surface area contributed by atoms with Gasteiger partial charge in [0.2, 0.25) is 5.91 Å². The fraction of sp³-hybridized carbons (Fsp3) is 0.389. The predicted molar refractivity (Wildman–Crippen MR) is 91.9 cm³/mol. The van der Waals surface area contributed by atoms with E-state index in [0.29, 0.717) is 31.7 Å². The summed E-state index contributed by atoms with van der Waals surface area (Å²) in [5, 5.41) is 4.96. The second kappa shape index (κ2) is 6.58. The molecule has 0 aromatic heterocycles. The Kier molecular flexibility index (Phi) is 4.48. The fourth-order valence-electron chi connectivity index (χ4n) is 3.31. The minimum atomic E-state index is -0.866. The molecular formula is C18H21N3O4. The molecule has 4 amide bonds. The van der Waals surface area contributed by atoms with Gasteiger partial charge < -0.3 is 15.0 Å². The number of methoxy groups -OCH3 is 1. The van der Waals surface area contributed by atoms with Crippen molar-refractivity contribution in [2.24, 2.45) is 0 Å². The van der Waals surface area contributed by atoms with E-state index < -0.39 is 11.6 Å². The number of carbonyl (C=O) groups is 3. The normalized spacial score (nSPS) is 19.6. The van der Waals surface area contributed by atoms with Crippen LogP contribution in [0.15, 0.2) is 30.3 Å². The number of hydrogen-bond acceptors (Lipinski definition) is 4. The zero-order valence-electron chi connectivity index (χ0n) is 14.3. The Balaban J connectivity index is 1.69. The topological polar surface area (TPSA) is 87.7 Å². The molecule has 1 spiro atoms. The molecule has 2 aliphatic rings. The van der Waals surface area contributed by atoms with E-state index in [1.165, 1.54) is 0 Å². The van der Waals surface area contributed by atoms with E-state index in [2.05, 4.69) is 10.6 Å². The number of amides is 4. The summed E-state index contributed by atoms with van der Waals surface area (Å²) in [6.07, 6.45) is 2.42. The van der Waals surface area contributed by atoms with Crippen molar-refractivity contribution in [1.82, 2.24) is 15.5 Å². The number of piperidine rings is 1. The molecule has 2 heterocycles. The number of imide groups is 1. The van der Waals surface area contributed by atoms with Crippen molar-refractivity contribution in [3.05, 3.63) is 35.9 Å². The number of hydrogen-bond donors (Lipinski definition) is 2. The third-order valence-corrected chi connectivity index (χ3v) is 4.81. The molecule has 0 bridgehead atoms. The number of benzene rings is 1. The minimum Gasteiger partial charge on any atom is -0.496 e. The first-order chi connectivity index (χ1) is 11.9. The highest BCUT2D eigenvalue weighted by atomic mass is 16.5. The van der Waals surface area contributed by atoms with E-state index in [1.54, 1.807) is 18.1 Å². The number of nitrogens with zero attached hydrogens (tertiary/aromatic N) is 1. The van der Waals surface area contributed by atoms with Crippen LogP contribution in [0.25, 0.3) is 5.57 Å². The molecule has 7 heteroatoms. The van der Waals surface area contributed by atoms with Crippen molar-refractivity contribution in [3.63, 3.8) is 0 Å². The maximum Gasteiger partial charge on any atom is 0.322 e. The molecule has 2 fully saturated rings. The van der Waals surface area contributed by atoms with Gasteiger partial charge in [-0.15, -0.1) is 0 Å². The summed E-state index contributed by atoms with van der Waals surface area (Å²) in [6.45, 7) is 2.70. The summed E-state index contributed by atoms with van der Waals surface area (Å²) < 4.78 is 5.33. The molecule has 0 aliphatic carbocycles. The first-order valence-electron chi connectivity index (χ1n) is 8.19. The first-order valence-corrected chi connectivity index (χ1v) is 8.19. The van der Waals surface area contributed by atoms with Gasteiger partial charge in [-0.3, -0.25) is 14.9 Å². The van der Waals surface area contributed by atoms with Crippen molar-refractivity contribution < 1.29 is 19.1 Å². The number of likely N-dealkylation sites (tertiary alicyclic amines) is 1. The van der Waals surface area contributed by atoms with Gasteiger partial charge in [-0.25, -0.2) is 4.79 Å². The monoisotopic (exact) mass is 343 g/mol. The standard InChI is InChI=1S/C18H21N3O4/c1-12(13-5-3-4-6-14(13)25-2)11-15(22)21-9-7-18(8-10-21)16(23)19-17(24)20-18/h3-6,11H,7-10H2,1-2H3,(H2,19,20,23,24)/b12-11+. The minimum absolute atomic E-state index is 0.108. The highest BCUT2D eigenvalue weighted by Crippen LogP contribution is 2.28. The molecule has 25 heavy (non-hydrogen) atoms. The van der Waals surface area contributed by atoms with Crippen LogP contribution in [0.1, 0.15) is 25.3 Å². The van der Waals surface area contributed by atoms with E-state index >= 15 is 0 Å². The zero-order valence-corrected chi connectivity index (χ0v) is 14.3. The fourth-order valence-corrected chi connectivity index (χ4v) is 3.31. The van der Waals surface area contributed by atoms with Gasteiger partial charge in [0.25, 0.3) is 5.91 Å². The lowest BCUT2D eigenvalue weighted by atomic mass is 9.87. The van der Waals surface area contributed by atoms with Crippen LogP contribution in [0.2, 0.25) is 0 Å². The van der Waals surface area contributed by atoms with Gasteiger partial charge in [-0.2, -0.15) is 0 Å². The Hall–Kier alpha value is -2.83. The quantitative estimate of drug-likeness (QED) is 0.640. The SMILES string of the molecule is COc1ccccc1/C(C)=C/C(=O)N1CCC2(CC1)NC(=O)NC2=O. The molecule has 0 saturated carbocycles. The van der Waals surface area contributed by atoms with Crippen molar-refractivity contribution >= 4 is 23.4 Å². The van der Waals surface area contributed by atoms with Gasteiger partial charge in [0, 0.05) is 24.7 Å². The van der Waals surface area contributed by atoms with Gasteiger partial charge in [0.15, 0.2) is 0 Å². The summed E-state index contributed by atoms with van der Waals surface area (Å²) in [6, 6.07) is 7.07. The second-order valence-electron chi connectivity index (χ2n) is 6.34. The molecule has 3 rings (SSSR count). The average molecular weight is 343 g/mol. The maximum absolute atomic E-state index is 12.6. The summed E-state index contributed by atoms with van der Waals surface area (Å²) in [4.78, 5) is 37.6. The lowest BCUT2D eigenvalue weighted by molar-refractivity contribution is -0.132. The smallest absolute Gasteiger partial charge is 0.322 e. The molecule has 2 aliphatic heterocycles. The Morgan fingerprint density at radius 3 is 2.52 bits per heavy atom. The van der Waals surface area contributed by atoms with Crippen molar-refractivity contribution in [2.45, 2.75) is 25.3 Å². The molecule has 7 nitrogen and oxygen atoms in total. The number of para-hydroxylation sites is 1. The molecule has 132 valence electrons. The van der Waals surface area contributed by atoms with Crippen LogP contribution in [-0.4, -0.2) is 48.5 Å². The maximum atomic E-state index is 12.6. The molecule has 0 radical (unpaired) electrons. The Morgan fingerprint density at radius 1 is 1.24 bits per heavy atom. The van der Waals surface area contributed by atoms with Crippen molar-refractivity contribution in [1.29, 1.82) is 0 Å². The van der Waals surface area contributed by atoms with Gasteiger partial charge >= 0.3 is 6.03 Å². The van der Waals surface area contributed by atoms with E-state index in [0.717, 1.165) is 11.1 Å². The van der Waals surface area contributed by atoms with Gasteiger partial charge in [0.1, 0.15) is 11.3 Å². The molecule has 1 aromatic carbocycles. The van der Waals surface area contributed by atoms with Gasteiger partial charge in [-0.1, -0.05) is 18.2 Å². The predicted octanol–water partition coefficient (Wildman–Crippen LogP) is 1.30. The van der Waals surface area contributed by atoms with Crippen LogP contribution in [-0.2, 0) is 9.59 Å². The molecule has 0 atom stereocenters.